The molecule has 1 aromatic rings. The van der Waals surface area contributed by atoms with E-state index in [1.54, 1.807) is 0 Å². The first-order chi connectivity index (χ1) is 10.4. The molecule has 0 radical (unpaired) electrons. The van der Waals surface area contributed by atoms with Crippen LogP contribution in [0.3, 0.4) is 0 Å². The summed E-state index contributed by atoms with van der Waals surface area (Å²) in [5.41, 5.74) is 6.64. The Hall–Kier alpha value is -1.56. The molecule has 1 rings (SSSR count). The van der Waals surface area contributed by atoms with Gasteiger partial charge in [-0.05, 0) is 43.5 Å². The number of ether oxygens (including phenoxy) is 1. The highest BCUT2D eigenvalue weighted by atomic mass is 79.9. The Bertz CT molecular complexity index is 509. The van der Waals surface area contributed by atoms with E-state index >= 15 is 0 Å². The van der Waals surface area contributed by atoms with Crippen molar-refractivity contribution in [2.24, 2.45) is 0 Å². The fourth-order valence-electron chi connectivity index (χ4n) is 2.04. The third kappa shape index (κ3) is 6.47. The Kier molecular flexibility index (Phi) is 7.95. The van der Waals surface area contributed by atoms with Crippen LogP contribution in [0.1, 0.15) is 43.7 Å². The molecule has 0 atom stereocenters. The van der Waals surface area contributed by atoms with Crippen molar-refractivity contribution in [2.45, 2.75) is 46.5 Å². The van der Waals surface area contributed by atoms with Crippen LogP contribution in [0.2, 0.25) is 0 Å². The van der Waals surface area contributed by atoms with Crippen molar-refractivity contribution in [3.63, 3.8) is 0 Å². The minimum Gasteiger partial charge on any atom is -0.483 e. The first-order valence-corrected chi connectivity index (χ1v) is 8.20. The van der Waals surface area contributed by atoms with Gasteiger partial charge < -0.3 is 4.74 Å². The van der Waals surface area contributed by atoms with E-state index in [0.29, 0.717) is 12.2 Å². The predicted molar refractivity (Wildman–Crippen MR) is 89.5 cm³/mol. The van der Waals surface area contributed by atoms with Crippen molar-refractivity contribution in [1.29, 1.82) is 0 Å². The van der Waals surface area contributed by atoms with E-state index in [1.165, 1.54) is 0 Å². The molecule has 0 aromatic heterocycles. The van der Waals surface area contributed by atoms with Crippen molar-refractivity contribution in [1.82, 2.24) is 10.9 Å². The second-order valence-electron chi connectivity index (χ2n) is 5.21. The van der Waals surface area contributed by atoms with Crippen molar-refractivity contribution in [3.05, 3.63) is 27.7 Å². The quantitative estimate of drug-likeness (QED) is 0.572. The molecular weight excluding hydrogens is 348 g/mol. The number of benzene rings is 1. The Morgan fingerprint density at radius 2 is 1.68 bits per heavy atom. The fourth-order valence-corrected chi connectivity index (χ4v) is 2.72. The average molecular weight is 371 g/mol. The summed E-state index contributed by atoms with van der Waals surface area (Å²) in [4.78, 5) is 23.2. The van der Waals surface area contributed by atoms with Crippen LogP contribution in [0.15, 0.2) is 16.6 Å². The van der Waals surface area contributed by atoms with Crippen LogP contribution in [0.4, 0.5) is 0 Å². The number of carbonyl (C=O) groups excluding carboxylic acids is 2. The van der Waals surface area contributed by atoms with Gasteiger partial charge in [-0.15, -0.1) is 0 Å². The minimum atomic E-state index is -0.384. The first-order valence-electron chi connectivity index (χ1n) is 7.41. The highest BCUT2D eigenvalue weighted by molar-refractivity contribution is 9.10. The van der Waals surface area contributed by atoms with Crippen molar-refractivity contribution >= 4 is 27.7 Å². The number of nitrogens with one attached hydrogen (secondary N) is 2. The number of carbonyl (C=O) groups is 2. The van der Waals surface area contributed by atoms with Gasteiger partial charge in [0.05, 0.1) is 0 Å². The number of hydrogen-bond donors (Lipinski definition) is 2. The molecule has 22 heavy (non-hydrogen) atoms. The van der Waals surface area contributed by atoms with Crippen LogP contribution in [-0.2, 0) is 9.59 Å². The van der Waals surface area contributed by atoms with Gasteiger partial charge in [0.2, 0.25) is 5.91 Å². The van der Waals surface area contributed by atoms with Crippen LogP contribution in [0.25, 0.3) is 0 Å². The number of amides is 2. The molecule has 2 amide bonds. The van der Waals surface area contributed by atoms with Gasteiger partial charge in [0.15, 0.2) is 6.61 Å². The van der Waals surface area contributed by atoms with E-state index in [-0.39, 0.29) is 18.4 Å². The lowest BCUT2D eigenvalue weighted by atomic mass is 10.1. The van der Waals surface area contributed by atoms with E-state index in [9.17, 15) is 9.59 Å². The molecule has 0 aliphatic carbocycles. The normalized spacial score (nSPS) is 10.2. The van der Waals surface area contributed by atoms with Gasteiger partial charge in [0.1, 0.15) is 5.75 Å². The van der Waals surface area contributed by atoms with Crippen molar-refractivity contribution < 1.29 is 14.3 Å². The second kappa shape index (κ2) is 9.46. The lowest BCUT2D eigenvalue weighted by Crippen LogP contribution is -2.43. The lowest BCUT2D eigenvalue weighted by Gasteiger charge is -2.13. The molecule has 1 aromatic carbocycles. The maximum atomic E-state index is 11.7. The summed E-state index contributed by atoms with van der Waals surface area (Å²) < 4.78 is 6.50. The molecular formula is C16H23BrN2O3. The summed E-state index contributed by atoms with van der Waals surface area (Å²) in [6, 6.07) is 3.85. The van der Waals surface area contributed by atoms with Gasteiger partial charge in [0.25, 0.3) is 5.91 Å². The topological polar surface area (TPSA) is 67.4 Å². The maximum Gasteiger partial charge on any atom is 0.276 e. The molecule has 5 nitrogen and oxygen atoms in total. The summed E-state index contributed by atoms with van der Waals surface area (Å²) in [7, 11) is 0. The Labute approximate surface area is 139 Å². The number of halogens is 1. The van der Waals surface area contributed by atoms with Gasteiger partial charge in [-0.3, -0.25) is 20.4 Å². The van der Waals surface area contributed by atoms with Crippen molar-refractivity contribution in [3.8, 4) is 5.75 Å². The number of hydrogen-bond acceptors (Lipinski definition) is 3. The molecule has 0 bridgehead atoms. The van der Waals surface area contributed by atoms with Crippen molar-refractivity contribution in [2.75, 3.05) is 6.61 Å². The van der Waals surface area contributed by atoms with Gasteiger partial charge in [-0.25, -0.2) is 0 Å². The molecule has 122 valence electrons. The Balaban J connectivity index is 2.36. The zero-order valence-corrected chi connectivity index (χ0v) is 14.9. The van der Waals surface area contributed by atoms with E-state index in [2.05, 4.69) is 33.7 Å². The maximum absolute atomic E-state index is 11.7. The Morgan fingerprint density at radius 1 is 1.09 bits per heavy atom. The van der Waals surface area contributed by atoms with Crippen LogP contribution >= 0.6 is 15.9 Å². The third-order valence-corrected chi connectivity index (χ3v) is 3.58. The van der Waals surface area contributed by atoms with Gasteiger partial charge in [-0.1, -0.05) is 35.7 Å². The highest BCUT2D eigenvalue weighted by Crippen LogP contribution is 2.27. The van der Waals surface area contributed by atoms with E-state index in [0.717, 1.165) is 34.9 Å². The molecule has 0 saturated carbocycles. The summed E-state index contributed by atoms with van der Waals surface area (Å²) in [6.07, 6.45) is 3.30. The predicted octanol–water partition coefficient (Wildman–Crippen LogP) is 3.17. The summed E-state index contributed by atoms with van der Waals surface area (Å²) in [5, 5.41) is 0. The smallest absolute Gasteiger partial charge is 0.276 e. The zero-order chi connectivity index (χ0) is 16.5. The van der Waals surface area contributed by atoms with Crippen LogP contribution in [0.5, 0.6) is 5.75 Å². The van der Waals surface area contributed by atoms with Crippen LogP contribution < -0.4 is 15.6 Å². The van der Waals surface area contributed by atoms with Crippen LogP contribution in [0, 0.1) is 13.8 Å². The molecule has 0 fully saturated rings. The summed E-state index contributed by atoms with van der Waals surface area (Å²) in [5.74, 6) is 0.121. The average Bonchev–Trinajstić information content (AvgIpc) is 2.44. The molecule has 0 saturated heterocycles. The van der Waals surface area contributed by atoms with Gasteiger partial charge in [-0.2, -0.15) is 0 Å². The zero-order valence-electron chi connectivity index (χ0n) is 13.3. The minimum absolute atomic E-state index is 0.140. The molecule has 0 unspecified atom stereocenters. The van der Waals surface area contributed by atoms with E-state index in [1.807, 2.05) is 26.0 Å². The lowest BCUT2D eigenvalue weighted by molar-refractivity contribution is -0.130. The molecule has 6 heteroatoms. The Morgan fingerprint density at radius 3 is 2.27 bits per heavy atom. The number of hydrazine groups is 1. The molecule has 0 aliphatic heterocycles. The first kappa shape index (κ1) is 18.5. The monoisotopic (exact) mass is 370 g/mol. The molecule has 0 heterocycles. The fraction of sp³-hybridized carbons (Fsp3) is 0.500. The summed E-state index contributed by atoms with van der Waals surface area (Å²) >= 11 is 3.41. The van der Waals surface area contributed by atoms with E-state index < -0.39 is 0 Å². The van der Waals surface area contributed by atoms with Gasteiger partial charge >= 0.3 is 0 Å². The molecule has 0 spiro atoms. The largest absolute Gasteiger partial charge is 0.483 e. The van der Waals surface area contributed by atoms with E-state index in [4.69, 9.17) is 4.74 Å². The second-order valence-corrected chi connectivity index (χ2v) is 6.13. The number of aryl methyl sites for hydroxylation is 2. The molecule has 2 N–H and O–H groups in total. The third-order valence-electron chi connectivity index (χ3n) is 3.12. The summed E-state index contributed by atoms with van der Waals surface area (Å²) in [6.45, 7) is 5.77. The number of unbranched alkanes of at least 4 members (excludes halogenated alkanes) is 2. The van der Waals surface area contributed by atoms with Crippen LogP contribution in [-0.4, -0.2) is 18.4 Å². The van der Waals surface area contributed by atoms with Gasteiger partial charge in [0, 0.05) is 10.9 Å². The SMILES string of the molecule is CCCCCC(=O)NNC(=O)COc1c(C)cc(Br)cc1C. The number of rotatable bonds is 7. The standard InChI is InChI=1S/C16H23BrN2O3/c1-4-5-6-7-14(20)18-19-15(21)10-22-16-11(2)8-13(17)9-12(16)3/h8-9H,4-7,10H2,1-3H3,(H,18,20)(H,19,21). The molecule has 0 aliphatic rings. The highest BCUT2D eigenvalue weighted by Gasteiger charge is 2.09.